The van der Waals surface area contributed by atoms with Crippen LogP contribution in [0.2, 0.25) is 0 Å². The van der Waals surface area contributed by atoms with E-state index in [2.05, 4.69) is 9.46 Å². The molecule has 0 radical (unpaired) electrons. The number of carbonyl (C=O) groups is 2. The van der Waals surface area contributed by atoms with Crippen LogP contribution in [0.4, 0.5) is 0 Å². The summed E-state index contributed by atoms with van der Waals surface area (Å²) in [4.78, 5) is 21.8. The summed E-state index contributed by atoms with van der Waals surface area (Å²) >= 11 is 0. The Morgan fingerprint density at radius 2 is 1.89 bits per heavy atom. The summed E-state index contributed by atoms with van der Waals surface area (Å²) in [6, 6.07) is -1.14. The van der Waals surface area contributed by atoms with E-state index in [1.807, 2.05) is 13.8 Å². The number of nitrogens with one attached hydrogen (secondary N) is 1. The van der Waals surface area contributed by atoms with Crippen molar-refractivity contribution in [2.24, 2.45) is 5.92 Å². The third kappa shape index (κ3) is 8.55. The Kier molecular flexibility index (Phi) is 7.62. The third-order valence-electron chi connectivity index (χ3n) is 2.35. The van der Waals surface area contributed by atoms with Gasteiger partial charge in [-0.1, -0.05) is 13.8 Å². The molecule has 8 heteroatoms. The lowest BCUT2D eigenvalue weighted by atomic mass is 10.1. The molecule has 0 heterocycles. The molecule has 0 spiro atoms. The van der Waals surface area contributed by atoms with Gasteiger partial charge >= 0.3 is 11.9 Å². The second-order valence-corrected chi connectivity index (χ2v) is 6.51. The molecule has 112 valence electrons. The normalized spacial score (nSPS) is 13.3. The van der Waals surface area contributed by atoms with E-state index in [4.69, 9.17) is 5.11 Å². The molecule has 0 saturated heterocycles. The highest BCUT2D eigenvalue weighted by Crippen LogP contribution is 2.07. The van der Waals surface area contributed by atoms with Crippen LogP contribution in [-0.2, 0) is 24.3 Å². The fourth-order valence-electron chi connectivity index (χ4n) is 1.46. The first-order chi connectivity index (χ1) is 8.68. The highest BCUT2D eigenvalue weighted by atomic mass is 32.2. The van der Waals surface area contributed by atoms with Crippen LogP contribution in [0, 0.1) is 5.92 Å². The number of methoxy groups -OCH3 is 1. The number of hydrogen-bond acceptors (Lipinski definition) is 5. The zero-order valence-electron chi connectivity index (χ0n) is 11.4. The summed E-state index contributed by atoms with van der Waals surface area (Å²) in [5.41, 5.74) is 0. The fourth-order valence-corrected chi connectivity index (χ4v) is 2.73. The van der Waals surface area contributed by atoms with Gasteiger partial charge in [0, 0.05) is 6.42 Å². The number of carboxylic acid groups (broad SMARTS) is 1. The van der Waals surface area contributed by atoms with Crippen molar-refractivity contribution in [1.82, 2.24) is 4.72 Å². The zero-order chi connectivity index (χ0) is 15.1. The molecule has 19 heavy (non-hydrogen) atoms. The molecule has 0 rings (SSSR count). The Labute approximate surface area is 113 Å². The van der Waals surface area contributed by atoms with Gasteiger partial charge in [0.15, 0.2) is 0 Å². The van der Waals surface area contributed by atoms with E-state index in [0.29, 0.717) is 0 Å². The van der Waals surface area contributed by atoms with Gasteiger partial charge in [0.1, 0.15) is 6.04 Å². The third-order valence-corrected chi connectivity index (χ3v) is 3.82. The minimum atomic E-state index is -3.71. The minimum absolute atomic E-state index is 0.0146. The lowest BCUT2D eigenvalue weighted by molar-refractivity contribution is -0.141. The molecular weight excluding hydrogens is 274 g/mol. The van der Waals surface area contributed by atoms with E-state index >= 15 is 0 Å². The molecule has 0 amide bonds. The Morgan fingerprint density at radius 3 is 2.32 bits per heavy atom. The molecular formula is C11H21NO6S. The molecule has 0 aliphatic carbocycles. The van der Waals surface area contributed by atoms with Crippen molar-refractivity contribution < 1.29 is 27.9 Å². The van der Waals surface area contributed by atoms with Crippen LogP contribution in [-0.4, -0.2) is 44.4 Å². The fraction of sp³-hybridized carbons (Fsp3) is 0.818. The Balaban J connectivity index is 4.39. The predicted octanol–water partition coefficient (Wildman–Crippen LogP) is 0.358. The summed E-state index contributed by atoms with van der Waals surface area (Å²) in [6.45, 7) is 3.61. The van der Waals surface area contributed by atoms with E-state index < -0.39 is 28.0 Å². The first-order valence-electron chi connectivity index (χ1n) is 5.97. The molecule has 0 saturated carbocycles. The number of hydrogen-bond donors (Lipinski definition) is 2. The van der Waals surface area contributed by atoms with Gasteiger partial charge in [-0.15, -0.1) is 0 Å². The average molecular weight is 295 g/mol. The van der Waals surface area contributed by atoms with Crippen LogP contribution in [0.25, 0.3) is 0 Å². The lowest BCUT2D eigenvalue weighted by Crippen LogP contribution is -2.42. The van der Waals surface area contributed by atoms with Crippen LogP contribution >= 0.6 is 0 Å². The van der Waals surface area contributed by atoms with Gasteiger partial charge in [-0.05, 0) is 18.8 Å². The SMILES string of the molecule is COC(=O)CCCS(=O)(=O)N[C@@H](CC(C)C)C(=O)O. The van der Waals surface area contributed by atoms with E-state index in [0.717, 1.165) is 0 Å². The lowest BCUT2D eigenvalue weighted by Gasteiger charge is -2.16. The molecule has 0 aliphatic heterocycles. The maximum Gasteiger partial charge on any atom is 0.321 e. The van der Waals surface area contributed by atoms with Crippen LogP contribution in [0.1, 0.15) is 33.1 Å². The Hall–Kier alpha value is -1.15. The topological polar surface area (TPSA) is 110 Å². The van der Waals surface area contributed by atoms with Crippen LogP contribution in [0.5, 0.6) is 0 Å². The second-order valence-electron chi connectivity index (χ2n) is 4.64. The van der Waals surface area contributed by atoms with Crippen LogP contribution in [0.15, 0.2) is 0 Å². The minimum Gasteiger partial charge on any atom is -0.480 e. The van der Waals surface area contributed by atoms with Crippen molar-refractivity contribution >= 4 is 22.0 Å². The Bertz CT molecular complexity index is 403. The van der Waals surface area contributed by atoms with E-state index in [1.165, 1.54) is 7.11 Å². The van der Waals surface area contributed by atoms with Gasteiger partial charge in [0.2, 0.25) is 10.0 Å². The zero-order valence-corrected chi connectivity index (χ0v) is 12.2. The highest BCUT2D eigenvalue weighted by Gasteiger charge is 2.24. The largest absolute Gasteiger partial charge is 0.480 e. The van der Waals surface area contributed by atoms with Crippen LogP contribution < -0.4 is 4.72 Å². The first-order valence-corrected chi connectivity index (χ1v) is 7.62. The smallest absolute Gasteiger partial charge is 0.321 e. The van der Waals surface area contributed by atoms with Crippen molar-refractivity contribution in [3.63, 3.8) is 0 Å². The van der Waals surface area contributed by atoms with Gasteiger partial charge in [0.05, 0.1) is 12.9 Å². The summed E-state index contributed by atoms with van der Waals surface area (Å²) in [7, 11) is -2.49. The first kappa shape index (κ1) is 17.8. The molecule has 2 N–H and O–H groups in total. The molecule has 7 nitrogen and oxygen atoms in total. The number of ether oxygens (including phenoxy) is 1. The van der Waals surface area contributed by atoms with E-state index in [1.54, 1.807) is 0 Å². The van der Waals surface area contributed by atoms with E-state index in [-0.39, 0.29) is 30.9 Å². The molecule has 0 aromatic carbocycles. The second kappa shape index (κ2) is 8.11. The van der Waals surface area contributed by atoms with Crippen molar-refractivity contribution in [2.45, 2.75) is 39.2 Å². The van der Waals surface area contributed by atoms with Crippen LogP contribution in [0.3, 0.4) is 0 Å². The summed E-state index contributed by atoms with van der Waals surface area (Å²) in [5.74, 6) is -1.94. The number of sulfonamides is 1. The monoisotopic (exact) mass is 295 g/mol. The van der Waals surface area contributed by atoms with Crippen molar-refractivity contribution in [3.05, 3.63) is 0 Å². The molecule has 0 aromatic heterocycles. The summed E-state index contributed by atoms with van der Waals surface area (Å²) in [5, 5.41) is 8.94. The van der Waals surface area contributed by atoms with Crippen molar-refractivity contribution in [3.8, 4) is 0 Å². The molecule has 1 atom stereocenters. The van der Waals surface area contributed by atoms with Crippen molar-refractivity contribution in [1.29, 1.82) is 0 Å². The van der Waals surface area contributed by atoms with Crippen molar-refractivity contribution in [2.75, 3.05) is 12.9 Å². The number of carboxylic acids is 1. The molecule has 0 fully saturated rings. The molecule has 0 unspecified atom stereocenters. The van der Waals surface area contributed by atoms with Gasteiger partial charge in [-0.3, -0.25) is 9.59 Å². The average Bonchev–Trinajstić information content (AvgIpc) is 2.26. The molecule has 0 bridgehead atoms. The Morgan fingerprint density at radius 1 is 1.32 bits per heavy atom. The number of rotatable bonds is 9. The number of esters is 1. The summed E-state index contributed by atoms with van der Waals surface area (Å²) < 4.78 is 29.9. The van der Waals surface area contributed by atoms with Gasteiger partial charge in [-0.2, -0.15) is 0 Å². The number of carbonyl (C=O) groups excluding carboxylic acids is 1. The quantitative estimate of drug-likeness (QED) is 0.594. The maximum absolute atomic E-state index is 11.7. The van der Waals surface area contributed by atoms with E-state index in [9.17, 15) is 18.0 Å². The highest BCUT2D eigenvalue weighted by molar-refractivity contribution is 7.89. The van der Waals surface area contributed by atoms with Gasteiger partial charge < -0.3 is 9.84 Å². The number of aliphatic carboxylic acids is 1. The molecule has 0 aliphatic rings. The predicted molar refractivity (Wildman–Crippen MR) is 69.1 cm³/mol. The summed E-state index contributed by atoms with van der Waals surface area (Å²) in [6.07, 6.45) is 0.293. The van der Waals surface area contributed by atoms with Gasteiger partial charge in [-0.25, -0.2) is 13.1 Å². The molecule has 0 aromatic rings. The standard InChI is InChI=1S/C11H21NO6S/c1-8(2)7-9(11(14)15)12-19(16,17)6-4-5-10(13)18-3/h8-9,12H,4-7H2,1-3H3,(H,14,15)/t9-/m0/s1. The maximum atomic E-state index is 11.7. The van der Waals surface area contributed by atoms with Gasteiger partial charge in [0.25, 0.3) is 0 Å².